The van der Waals surface area contributed by atoms with E-state index in [0.29, 0.717) is 17.4 Å². The number of nitrogens with one attached hydrogen (secondary N) is 1. The van der Waals surface area contributed by atoms with E-state index in [9.17, 15) is 4.39 Å². The van der Waals surface area contributed by atoms with Gasteiger partial charge >= 0.3 is 0 Å². The standard InChI is InChI=1S/C17H27FN2O/c1-6-17(4)11-20(16(10-19-17)12(2)3)15-9-13(21-5)7-8-14(15)18/h7-9,12,16,19H,6,10-11H2,1-5H3. The van der Waals surface area contributed by atoms with Gasteiger partial charge in [0.05, 0.1) is 12.8 Å². The van der Waals surface area contributed by atoms with Crippen LogP contribution >= 0.6 is 0 Å². The van der Waals surface area contributed by atoms with Gasteiger partial charge in [-0.3, -0.25) is 0 Å². The van der Waals surface area contributed by atoms with Crippen LogP contribution in [0, 0.1) is 11.7 Å². The van der Waals surface area contributed by atoms with Crippen LogP contribution in [0.3, 0.4) is 0 Å². The number of nitrogens with zero attached hydrogens (tertiary/aromatic N) is 1. The zero-order valence-electron chi connectivity index (χ0n) is 13.7. The van der Waals surface area contributed by atoms with Gasteiger partial charge < -0.3 is 15.0 Å². The highest BCUT2D eigenvalue weighted by atomic mass is 19.1. The van der Waals surface area contributed by atoms with E-state index >= 15 is 0 Å². The van der Waals surface area contributed by atoms with E-state index < -0.39 is 0 Å². The Labute approximate surface area is 127 Å². The van der Waals surface area contributed by atoms with Crippen molar-refractivity contribution in [1.29, 1.82) is 0 Å². The molecule has 0 spiro atoms. The second kappa shape index (κ2) is 6.22. The first-order valence-corrected chi connectivity index (χ1v) is 7.75. The Balaban J connectivity index is 2.40. The summed E-state index contributed by atoms with van der Waals surface area (Å²) in [4.78, 5) is 2.21. The fourth-order valence-corrected chi connectivity index (χ4v) is 2.95. The maximum atomic E-state index is 14.4. The van der Waals surface area contributed by atoms with E-state index in [4.69, 9.17) is 4.74 Å². The molecule has 3 nitrogen and oxygen atoms in total. The molecule has 2 unspecified atom stereocenters. The van der Waals surface area contributed by atoms with E-state index in [1.54, 1.807) is 13.2 Å². The van der Waals surface area contributed by atoms with Crippen molar-refractivity contribution in [3.8, 4) is 5.75 Å². The molecule has 2 rings (SSSR count). The van der Waals surface area contributed by atoms with Crippen LogP contribution in [0.1, 0.15) is 34.1 Å². The molecule has 1 aliphatic rings. The lowest BCUT2D eigenvalue weighted by Gasteiger charge is -2.48. The summed E-state index contributed by atoms with van der Waals surface area (Å²) in [5.74, 6) is 0.969. The van der Waals surface area contributed by atoms with Gasteiger partial charge in [-0.1, -0.05) is 20.8 Å². The van der Waals surface area contributed by atoms with Gasteiger partial charge in [-0.2, -0.15) is 0 Å². The fraction of sp³-hybridized carbons (Fsp3) is 0.647. The SMILES string of the molecule is CCC1(C)CN(c2cc(OC)ccc2F)C(C(C)C)CN1. The van der Waals surface area contributed by atoms with Crippen LogP contribution in [0.2, 0.25) is 0 Å². The molecular weight excluding hydrogens is 267 g/mol. The molecule has 118 valence electrons. The minimum atomic E-state index is -0.179. The smallest absolute Gasteiger partial charge is 0.146 e. The van der Waals surface area contributed by atoms with Crippen molar-refractivity contribution < 1.29 is 9.13 Å². The van der Waals surface area contributed by atoms with Gasteiger partial charge in [0, 0.05) is 30.7 Å². The average Bonchev–Trinajstić information content (AvgIpc) is 2.47. The van der Waals surface area contributed by atoms with Crippen LogP contribution < -0.4 is 15.0 Å². The molecule has 0 bridgehead atoms. The minimum absolute atomic E-state index is 0.0148. The Morgan fingerprint density at radius 2 is 2.19 bits per heavy atom. The summed E-state index contributed by atoms with van der Waals surface area (Å²) in [5, 5.41) is 3.63. The first-order chi connectivity index (χ1) is 9.90. The Kier molecular flexibility index (Phi) is 4.77. The van der Waals surface area contributed by atoms with Crippen molar-refractivity contribution in [2.24, 2.45) is 5.92 Å². The lowest BCUT2D eigenvalue weighted by molar-refractivity contribution is 0.251. The number of hydrogen-bond acceptors (Lipinski definition) is 3. The van der Waals surface area contributed by atoms with E-state index in [2.05, 4.69) is 37.9 Å². The van der Waals surface area contributed by atoms with Crippen LogP contribution in [0.5, 0.6) is 5.75 Å². The van der Waals surface area contributed by atoms with Crippen molar-refractivity contribution in [2.75, 3.05) is 25.1 Å². The van der Waals surface area contributed by atoms with Crippen LogP contribution in [-0.2, 0) is 0 Å². The van der Waals surface area contributed by atoms with Crippen LogP contribution in [0.25, 0.3) is 0 Å². The number of anilines is 1. The average molecular weight is 294 g/mol. The van der Waals surface area contributed by atoms with Gasteiger partial charge in [0.1, 0.15) is 11.6 Å². The molecule has 1 fully saturated rings. The summed E-state index contributed by atoms with van der Waals surface area (Å²) in [5.41, 5.74) is 0.662. The Morgan fingerprint density at radius 1 is 1.48 bits per heavy atom. The van der Waals surface area contributed by atoms with Gasteiger partial charge in [0.25, 0.3) is 0 Å². The highest BCUT2D eigenvalue weighted by molar-refractivity contribution is 5.54. The maximum absolute atomic E-state index is 14.4. The third kappa shape index (κ3) is 3.31. The molecule has 21 heavy (non-hydrogen) atoms. The van der Waals surface area contributed by atoms with E-state index in [-0.39, 0.29) is 17.4 Å². The molecule has 1 heterocycles. The Hall–Kier alpha value is -1.29. The lowest BCUT2D eigenvalue weighted by atomic mass is 9.89. The second-order valence-electron chi connectivity index (χ2n) is 6.55. The van der Waals surface area contributed by atoms with Crippen LogP contribution in [-0.4, -0.2) is 31.8 Å². The van der Waals surface area contributed by atoms with E-state index in [1.807, 2.05) is 6.07 Å². The van der Waals surface area contributed by atoms with Crippen molar-refractivity contribution in [1.82, 2.24) is 5.32 Å². The number of rotatable bonds is 4. The summed E-state index contributed by atoms with van der Waals surface area (Å²) in [6.45, 7) is 10.4. The van der Waals surface area contributed by atoms with Crippen LogP contribution in [0.4, 0.5) is 10.1 Å². The Morgan fingerprint density at radius 3 is 2.76 bits per heavy atom. The van der Waals surface area contributed by atoms with Gasteiger partial charge in [-0.15, -0.1) is 0 Å². The molecule has 0 amide bonds. The predicted octanol–water partition coefficient (Wildman–Crippen LogP) is 3.44. The molecule has 0 aromatic heterocycles. The van der Waals surface area contributed by atoms with Crippen molar-refractivity contribution in [3.05, 3.63) is 24.0 Å². The number of piperazine rings is 1. The quantitative estimate of drug-likeness (QED) is 0.920. The predicted molar refractivity (Wildman–Crippen MR) is 85.6 cm³/mol. The summed E-state index contributed by atoms with van der Waals surface area (Å²) in [6, 6.07) is 5.26. The summed E-state index contributed by atoms with van der Waals surface area (Å²) < 4.78 is 19.6. The van der Waals surface area contributed by atoms with E-state index in [1.165, 1.54) is 6.07 Å². The van der Waals surface area contributed by atoms with Gasteiger partial charge in [0.2, 0.25) is 0 Å². The number of ether oxygens (including phenoxy) is 1. The largest absolute Gasteiger partial charge is 0.497 e. The number of methoxy groups -OCH3 is 1. The second-order valence-corrected chi connectivity index (χ2v) is 6.55. The summed E-state index contributed by atoms with van der Waals surface area (Å²) in [6.07, 6.45) is 1.01. The third-order valence-electron chi connectivity index (χ3n) is 4.67. The molecule has 1 aromatic rings. The van der Waals surface area contributed by atoms with Crippen molar-refractivity contribution in [3.63, 3.8) is 0 Å². The van der Waals surface area contributed by atoms with Gasteiger partial charge in [-0.05, 0) is 31.4 Å². The molecular formula is C17H27FN2O. The molecule has 0 aliphatic carbocycles. The minimum Gasteiger partial charge on any atom is -0.497 e. The Bertz CT molecular complexity index is 492. The normalized spacial score (nSPS) is 26.2. The highest BCUT2D eigenvalue weighted by Gasteiger charge is 2.36. The molecule has 0 saturated carbocycles. The molecule has 0 radical (unpaired) electrons. The van der Waals surface area contributed by atoms with Gasteiger partial charge in [0.15, 0.2) is 0 Å². The lowest BCUT2D eigenvalue weighted by Crippen LogP contribution is -2.64. The molecule has 2 atom stereocenters. The maximum Gasteiger partial charge on any atom is 0.146 e. The van der Waals surface area contributed by atoms with Crippen molar-refractivity contribution >= 4 is 5.69 Å². The zero-order valence-corrected chi connectivity index (χ0v) is 13.7. The summed E-state index contributed by atoms with van der Waals surface area (Å²) >= 11 is 0. The fourth-order valence-electron chi connectivity index (χ4n) is 2.95. The first-order valence-electron chi connectivity index (χ1n) is 7.75. The third-order valence-corrected chi connectivity index (χ3v) is 4.67. The summed E-state index contributed by atoms with van der Waals surface area (Å²) in [7, 11) is 1.62. The monoisotopic (exact) mass is 294 g/mol. The molecule has 1 N–H and O–H groups in total. The number of benzene rings is 1. The molecule has 1 aromatic carbocycles. The van der Waals surface area contributed by atoms with Crippen molar-refractivity contribution in [2.45, 2.75) is 45.7 Å². The number of hydrogen-bond donors (Lipinski definition) is 1. The topological polar surface area (TPSA) is 24.5 Å². The number of halogens is 1. The molecule has 1 saturated heterocycles. The molecule has 4 heteroatoms. The van der Waals surface area contributed by atoms with Gasteiger partial charge in [-0.25, -0.2) is 4.39 Å². The first kappa shape index (κ1) is 16.1. The van der Waals surface area contributed by atoms with E-state index in [0.717, 1.165) is 19.5 Å². The van der Waals surface area contributed by atoms with Crippen LogP contribution in [0.15, 0.2) is 18.2 Å². The molecule has 1 aliphatic heterocycles. The zero-order chi connectivity index (χ0) is 15.6. The highest BCUT2D eigenvalue weighted by Crippen LogP contribution is 2.32.